The van der Waals surface area contributed by atoms with E-state index in [9.17, 15) is 4.39 Å². The van der Waals surface area contributed by atoms with Crippen molar-refractivity contribution in [1.82, 2.24) is 0 Å². The van der Waals surface area contributed by atoms with E-state index in [1.807, 2.05) is 9.24 Å². The number of hydrogen-bond acceptors (Lipinski definition) is 0. The van der Waals surface area contributed by atoms with Gasteiger partial charge in [0.25, 0.3) is 0 Å². The minimum absolute atomic E-state index is 0.935. The van der Waals surface area contributed by atoms with Crippen LogP contribution >= 0.6 is 9.24 Å². The average molecular weight is 92.1 g/mol. The van der Waals surface area contributed by atoms with Crippen molar-refractivity contribution in [2.45, 2.75) is 5.91 Å². The molecule has 0 heterocycles. The van der Waals surface area contributed by atoms with Crippen molar-refractivity contribution in [2.24, 2.45) is 0 Å². The summed E-state index contributed by atoms with van der Waals surface area (Å²) < 4.78 is 11.3. The van der Waals surface area contributed by atoms with E-state index < -0.39 is 5.91 Å². The van der Waals surface area contributed by atoms with Gasteiger partial charge in [-0.1, -0.05) is 21.9 Å². The van der Waals surface area contributed by atoms with Crippen LogP contribution in [0.25, 0.3) is 0 Å². The SMILES string of the molecule is C=CC(F)P. The zero-order chi connectivity index (χ0) is 4.28. The Kier molecular flexibility index (Phi) is 2.39. The summed E-state index contributed by atoms with van der Waals surface area (Å²) in [6, 6.07) is 0. The molecule has 0 amide bonds. The lowest BCUT2D eigenvalue weighted by Gasteiger charge is -1.79. The summed E-state index contributed by atoms with van der Waals surface area (Å²) in [5.74, 6) is -0.935. The number of allylic oxidation sites excluding steroid dienone is 1. The number of hydrogen-bond donors (Lipinski definition) is 0. The zero-order valence-electron chi connectivity index (χ0n) is 2.82. The molecule has 0 N–H and O–H groups in total. The van der Waals surface area contributed by atoms with E-state index in [1.54, 1.807) is 0 Å². The maximum absolute atomic E-state index is 11.3. The fourth-order valence-electron chi connectivity index (χ4n) is 0. The molecule has 0 spiro atoms. The van der Waals surface area contributed by atoms with Crippen LogP contribution in [0.4, 0.5) is 4.39 Å². The van der Waals surface area contributed by atoms with Crippen molar-refractivity contribution in [2.75, 3.05) is 0 Å². The van der Waals surface area contributed by atoms with Gasteiger partial charge in [0, 0.05) is 0 Å². The molecule has 0 aromatic rings. The first-order valence-electron chi connectivity index (χ1n) is 1.29. The number of alkyl halides is 1. The van der Waals surface area contributed by atoms with Crippen molar-refractivity contribution < 1.29 is 4.39 Å². The molecule has 0 fully saturated rings. The second-order valence-corrected chi connectivity index (χ2v) is 1.32. The summed E-state index contributed by atoms with van der Waals surface area (Å²) in [5.41, 5.74) is 0. The average Bonchev–Trinajstić information content (AvgIpc) is 1.38. The molecule has 2 unspecified atom stereocenters. The summed E-state index contributed by atoms with van der Waals surface area (Å²) in [5, 5.41) is 0. The molecular formula is C3H6FP. The summed E-state index contributed by atoms with van der Waals surface area (Å²) in [6.07, 6.45) is 1.21. The Morgan fingerprint density at radius 1 is 2.00 bits per heavy atom. The molecule has 30 valence electrons. The van der Waals surface area contributed by atoms with Gasteiger partial charge < -0.3 is 0 Å². The fraction of sp³-hybridized carbons (Fsp3) is 0.333. The van der Waals surface area contributed by atoms with Gasteiger partial charge in [-0.25, -0.2) is 4.39 Å². The third-order valence-electron chi connectivity index (χ3n) is 0.225. The summed E-state index contributed by atoms with van der Waals surface area (Å²) >= 11 is 0. The minimum atomic E-state index is -0.935. The molecule has 2 heteroatoms. The third-order valence-corrected chi connectivity index (χ3v) is 0.497. The minimum Gasteiger partial charge on any atom is -0.239 e. The normalized spacial score (nSPS) is 14.0. The highest BCUT2D eigenvalue weighted by atomic mass is 31.0. The van der Waals surface area contributed by atoms with Crippen LogP contribution in [-0.2, 0) is 0 Å². The first-order valence-corrected chi connectivity index (χ1v) is 1.96. The van der Waals surface area contributed by atoms with Gasteiger partial charge in [-0.05, 0) is 0 Å². The van der Waals surface area contributed by atoms with Gasteiger partial charge in [0.1, 0.15) is 5.91 Å². The lowest BCUT2D eigenvalue weighted by atomic mass is 10.7. The van der Waals surface area contributed by atoms with E-state index in [0.717, 1.165) is 0 Å². The predicted octanol–water partition coefficient (Wildman–Crippen LogP) is 1.34. The van der Waals surface area contributed by atoms with Crippen molar-refractivity contribution >= 4 is 9.24 Å². The van der Waals surface area contributed by atoms with Crippen LogP contribution in [0.5, 0.6) is 0 Å². The van der Waals surface area contributed by atoms with E-state index in [2.05, 4.69) is 6.58 Å². The molecule has 0 nitrogen and oxygen atoms in total. The zero-order valence-corrected chi connectivity index (χ0v) is 3.97. The maximum atomic E-state index is 11.3. The van der Waals surface area contributed by atoms with E-state index >= 15 is 0 Å². The van der Waals surface area contributed by atoms with E-state index in [1.165, 1.54) is 6.08 Å². The molecule has 0 aromatic carbocycles. The number of rotatable bonds is 1. The molecule has 0 radical (unpaired) electrons. The van der Waals surface area contributed by atoms with Gasteiger partial charge in [0.05, 0.1) is 0 Å². The maximum Gasteiger partial charge on any atom is 0.131 e. The van der Waals surface area contributed by atoms with Crippen LogP contribution in [0.1, 0.15) is 0 Å². The van der Waals surface area contributed by atoms with Gasteiger partial charge in [-0.2, -0.15) is 0 Å². The molecule has 0 aliphatic carbocycles. The molecule has 0 aliphatic heterocycles. The Labute approximate surface area is 33.3 Å². The third kappa shape index (κ3) is 4.10. The van der Waals surface area contributed by atoms with Gasteiger partial charge in [0.15, 0.2) is 0 Å². The van der Waals surface area contributed by atoms with Crippen molar-refractivity contribution in [3.63, 3.8) is 0 Å². The van der Waals surface area contributed by atoms with Crippen molar-refractivity contribution in [1.29, 1.82) is 0 Å². The molecule has 0 aromatic heterocycles. The summed E-state index contributed by atoms with van der Waals surface area (Å²) in [4.78, 5) is 0. The highest BCUT2D eigenvalue weighted by Gasteiger charge is 1.79. The first-order chi connectivity index (χ1) is 2.27. The van der Waals surface area contributed by atoms with Gasteiger partial charge in [-0.3, -0.25) is 0 Å². The van der Waals surface area contributed by atoms with Crippen LogP contribution in [0.2, 0.25) is 0 Å². The second-order valence-electron chi connectivity index (χ2n) is 0.680. The van der Waals surface area contributed by atoms with Crippen LogP contribution in [0.3, 0.4) is 0 Å². The highest BCUT2D eigenvalue weighted by molar-refractivity contribution is 7.17. The topological polar surface area (TPSA) is 0 Å². The Balaban J connectivity index is 2.83. The van der Waals surface area contributed by atoms with Crippen LogP contribution < -0.4 is 0 Å². The molecule has 0 bridgehead atoms. The first kappa shape index (κ1) is 5.10. The molecule has 0 aliphatic rings. The van der Waals surface area contributed by atoms with Gasteiger partial charge in [0.2, 0.25) is 0 Å². The Bertz CT molecular complexity index is 33.9. The van der Waals surface area contributed by atoms with Crippen molar-refractivity contribution in [3.05, 3.63) is 12.7 Å². The Morgan fingerprint density at radius 2 is 2.20 bits per heavy atom. The van der Waals surface area contributed by atoms with E-state index in [-0.39, 0.29) is 0 Å². The standard InChI is InChI=1S/C3H6FP/c1-2-3(4)5/h2-3H,1,5H2. The molecule has 2 atom stereocenters. The van der Waals surface area contributed by atoms with Crippen molar-refractivity contribution in [3.8, 4) is 0 Å². The summed E-state index contributed by atoms with van der Waals surface area (Å²) in [6.45, 7) is 3.16. The molecular weight excluding hydrogens is 86.0 g/mol. The van der Waals surface area contributed by atoms with Gasteiger partial charge in [-0.15, -0.1) is 0 Å². The largest absolute Gasteiger partial charge is 0.239 e. The highest BCUT2D eigenvalue weighted by Crippen LogP contribution is 1.98. The fourth-order valence-corrected chi connectivity index (χ4v) is 0. The Morgan fingerprint density at radius 3 is 2.20 bits per heavy atom. The molecule has 0 rings (SSSR count). The second kappa shape index (κ2) is 2.34. The van der Waals surface area contributed by atoms with Crippen LogP contribution in [-0.4, -0.2) is 5.91 Å². The van der Waals surface area contributed by atoms with Crippen LogP contribution in [0.15, 0.2) is 12.7 Å². The van der Waals surface area contributed by atoms with E-state index in [4.69, 9.17) is 0 Å². The number of halogens is 1. The molecule has 5 heavy (non-hydrogen) atoms. The predicted molar refractivity (Wildman–Crippen MR) is 24.8 cm³/mol. The van der Waals surface area contributed by atoms with Gasteiger partial charge >= 0.3 is 0 Å². The lowest BCUT2D eigenvalue weighted by molar-refractivity contribution is 0.520. The summed E-state index contributed by atoms with van der Waals surface area (Å²) in [7, 11) is 1.95. The van der Waals surface area contributed by atoms with Crippen LogP contribution in [0, 0.1) is 0 Å². The Hall–Kier alpha value is 0.100. The molecule has 0 saturated carbocycles. The molecule has 0 saturated heterocycles. The lowest BCUT2D eigenvalue weighted by Crippen LogP contribution is -1.70. The smallest absolute Gasteiger partial charge is 0.131 e. The van der Waals surface area contributed by atoms with E-state index in [0.29, 0.717) is 0 Å². The monoisotopic (exact) mass is 92.0 g/mol. The quantitative estimate of drug-likeness (QED) is 0.338.